The summed E-state index contributed by atoms with van der Waals surface area (Å²) in [6.07, 6.45) is 67.9. The molecule has 6 heteroatoms. The molecule has 0 fully saturated rings. The number of carbonyl (C=O) groups excluding carboxylic acids is 3. The minimum Gasteiger partial charge on any atom is -0.462 e. The molecule has 0 saturated heterocycles. The summed E-state index contributed by atoms with van der Waals surface area (Å²) in [6, 6.07) is 0. The van der Waals surface area contributed by atoms with Crippen LogP contribution in [-0.2, 0) is 28.6 Å². The fourth-order valence-corrected chi connectivity index (χ4v) is 6.52. The third-order valence-corrected chi connectivity index (χ3v) is 10.3. The first-order valence-corrected chi connectivity index (χ1v) is 25.4. The van der Waals surface area contributed by atoms with Crippen molar-refractivity contribution in [2.24, 2.45) is 0 Å². The lowest BCUT2D eigenvalue weighted by molar-refractivity contribution is -0.167. The van der Waals surface area contributed by atoms with E-state index in [9.17, 15) is 14.4 Å². The highest BCUT2D eigenvalue weighted by atomic mass is 16.6. The number of hydrogen-bond acceptors (Lipinski definition) is 6. The number of carbonyl (C=O) groups is 3. The summed E-state index contributed by atoms with van der Waals surface area (Å²) in [7, 11) is 0. The van der Waals surface area contributed by atoms with Crippen LogP contribution in [0.2, 0.25) is 0 Å². The third-order valence-electron chi connectivity index (χ3n) is 10.3. The van der Waals surface area contributed by atoms with E-state index in [1.807, 2.05) is 0 Å². The number of allylic oxidation sites excluding steroid dienone is 18. The Morgan fingerprint density at radius 2 is 0.619 bits per heavy atom. The molecule has 0 aromatic carbocycles. The highest BCUT2D eigenvalue weighted by Crippen LogP contribution is 2.13. The van der Waals surface area contributed by atoms with Crippen LogP contribution in [0.15, 0.2) is 109 Å². The van der Waals surface area contributed by atoms with Crippen LogP contribution in [0.25, 0.3) is 0 Å². The standard InChI is InChI=1S/C57H92O6/c1-4-7-10-13-16-19-21-23-25-26-27-28-29-30-32-33-35-38-41-44-47-50-56(59)62-53-54(52-61-55(58)49-46-43-40-37-18-15-12-9-6-3)63-57(60)51-48-45-42-39-36-34-31-24-22-20-17-14-11-8-5-2/h7-8,10-11,16-17,19-20,23-25,27-28,30-32,36,39,54H,4-6,9,12-15,18,21-22,26,29,33-35,37-38,40-53H2,1-3H3/b10-7-,11-8-,19-16-,20-17-,25-23-,28-27-,31-24-,32-30-,39-36-. The molecule has 0 aromatic heterocycles. The van der Waals surface area contributed by atoms with Gasteiger partial charge in [-0.05, 0) is 103 Å². The molecule has 0 aliphatic heterocycles. The Labute approximate surface area is 387 Å². The van der Waals surface area contributed by atoms with Crippen molar-refractivity contribution in [3.63, 3.8) is 0 Å². The Hall–Kier alpha value is -3.93. The minimum atomic E-state index is -0.807. The highest BCUT2D eigenvalue weighted by molar-refractivity contribution is 5.71. The maximum Gasteiger partial charge on any atom is 0.306 e. The van der Waals surface area contributed by atoms with E-state index in [0.717, 1.165) is 128 Å². The average molecular weight is 873 g/mol. The van der Waals surface area contributed by atoms with E-state index < -0.39 is 6.10 Å². The van der Waals surface area contributed by atoms with Crippen molar-refractivity contribution in [3.8, 4) is 0 Å². The lowest BCUT2D eigenvalue weighted by Crippen LogP contribution is -2.30. The van der Waals surface area contributed by atoms with Gasteiger partial charge in [0, 0.05) is 19.3 Å². The third kappa shape index (κ3) is 49.0. The fourth-order valence-electron chi connectivity index (χ4n) is 6.52. The van der Waals surface area contributed by atoms with Gasteiger partial charge in [0.05, 0.1) is 0 Å². The molecule has 0 radical (unpaired) electrons. The first-order chi connectivity index (χ1) is 31.0. The molecule has 63 heavy (non-hydrogen) atoms. The Morgan fingerprint density at radius 1 is 0.333 bits per heavy atom. The second kappa shape index (κ2) is 50.7. The number of unbranched alkanes of at least 4 members (excludes halogenated alkanes) is 15. The summed E-state index contributed by atoms with van der Waals surface area (Å²) in [5, 5.41) is 0. The van der Waals surface area contributed by atoms with Crippen molar-refractivity contribution in [1.29, 1.82) is 0 Å². The van der Waals surface area contributed by atoms with Crippen LogP contribution in [0.3, 0.4) is 0 Å². The maximum absolute atomic E-state index is 12.8. The summed E-state index contributed by atoms with van der Waals surface area (Å²) in [5.41, 5.74) is 0. The molecular formula is C57H92O6. The van der Waals surface area contributed by atoms with Crippen molar-refractivity contribution >= 4 is 17.9 Å². The molecule has 1 atom stereocenters. The molecule has 0 aliphatic carbocycles. The van der Waals surface area contributed by atoms with Crippen LogP contribution in [-0.4, -0.2) is 37.2 Å². The lowest BCUT2D eigenvalue weighted by Gasteiger charge is -2.18. The van der Waals surface area contributed by atoms with Gasteiger partial charge < -0.3 is 14.2 Å². The molecule has 356 valence electrons. The van der Waals surface area contributed by atoms with Crippen LogP contribution in [0, 0.1) is 0 Å². The summed E-state index contributed by atoms with van der Waals surface area (Å²) < 4.78 is 16.7. The van der Waals surface area contributed by atoms with Gasteiger partial charge >= 0.3 is 17.9 Å². The van der Waals surface area contributed by atoms with Gasteiger partial charge in [-0.15, -0.1) is 0 Å². The number of ether oxygens (including phenoxy) is 3. The SMILES string of the molecule is CC/C=C\C/C=C\C/C=C\C/C=C\C/C=C\CCCCCCCC(=O)OCC(COC(=O)CCCCCCCCCCC)OC(=O)CCCC/C=C\C/C=C\C/C=C\C/C=C\CC. The molecular weight excluding hydrogens is 781 g/mol. The largest absolute Gasteiger partial charge is 0.462 e. The van der Waals surface area contributed by atoms with Gasteiger partial charge in [-0.1, -0.05) is 201 Å². The summed E-state index contributed by atoms with van der Waals surface area (Å²) in [6.45, 7) is 6.32. The van der Waals surface area contributed by atoms with Crippen molar-refractivity contribution in [2.45, 2.75) is 219 Å². The van der Waals surface area contributed by atoms with Crippen LogP contribution in [0.4, 0.5) is 0 Å². The molecule has 0 aliphatic rings. The first kappa shape index (κ1) is 59.1. The van der Waals surface area contributed by atoms with Gasteiger partial charge in [-0.25, -0.2) is 0 Å². The molecule has 0 bridgehead atoms. The van der Waals surface area contributed by atoms with E-state index in [1.54, 1.807) is 0 Å². The van der Waals surface area contributed by atoms with Crippen LogP contribution in [0.5, 0.6) is 0 Å². The number of hydrogen-bond donors (Lipinski definition) is 0. The van der Waals surface area contributed by atoms with Gasteiger partial charge in [0.2, 0.25) is 0 Å². The summed E-state index contributed by atoms with van der Waals surface area (Å²) >= 11 is 0. The number of esters is 3. The van der Waals surface area contributed by atoms with E-state index in [0.29, 0.717) is 19.3 Å². The Kier molecular flexibility index (Phi) is 47.5. The van der Waals surface area contributed by atoms with Crippen molar-refractivity contribution in [1.82, 2.24) is 0 Å². The molecule has 0 saturated carbocycles. The van der Waals surface area contributed by atoms with E-state index >= 15 is 0 Å². The maximum atomic E-state index is 12.8. The summed E-state index contributed by atoms with van der Waals surface area (Å²) in [4.78, 5) is 37.9. The smallest absolute Gasteiger partial charge is 0.306 e. The zero-order valence-corrected chi connectivity index (χ0v) is 40.5. The monoisotopic (exact) mass is 873 g/mol. The molecule has 0 spiro atoms. The second-order valence-corrected chi connectivity index (χ2v) is 16.3. The van der Waals surface area contributed by atoms with Crippen molar-refractivity contribution < 1.29 is 28.6 Å². The van der Waals surface area contributed by atoms with E-state index in [4.69, 9.17) is 14.2 Å². The van der Waals surface area contributed by atoms with Gasteiger partial charge in [0.15, 0.2) is 6.10 Å². The zero-order valence-electron chi connectivity index (χ0n) is 40.5. The molecule has 0 aromatic rings. The first-order valence-electron chi connectivity index (χ1n) is 25.4. The Morgan fingerprint density at radius 3 is 1.00 bits per heavy atom. The quantitative estimate of drug-likeness (QED) is 0.0263. The van der Waals surface area contributed by atoms with Crippen LogP contribution < -0.4 is 0 Å². The minimum absolute atomic E-state index is 0.102. The molecule has 0 amide bonds. The molecule has 0 rings (SSSR count). The lowest BCUT2D eigenvalue weighted by atomic mass is 10.1. The molecule has 1 unspecified atom stereocenters. The normalized spacial score (nSPS) is 13.0. The van der Waals surface area contributed by atoms with Gasteiger partial charge in [-0.3, -0.25) is 14.4 Å². The fraction of sp³-hybridized carbons (Fsp3) is 0.632. The summed E-state index contributed by atoms with van der Waals surface area (Å²) in [5.74, 6) is -0.973. The Balaban J connectivity index is 4.43. The Bertz CT molecular complexity index is 1330. The van der Waals surface area contributed by atoms with Crippen LogP contribution >= 0.6 is 0 Å². The van der Waals surface area contributed by atoms with Gasteiger partial charge in [-0.2, -0.15) is 0 Å². The predicted octanol–water partition coefficient (Wildman–Crippen LogP) is 16.8. The predicted molar refractivity (Wildman–Crippen MR) is 270 cm³/mol. The molecule has 0 heterocycles. The highest BCUT2D eigenvalue weighted by Gasteiger charge is 2.19. The van der Waals surface area contributed by atoms with E-state index in [1.165, 1.54) is 38.5 Å². The second-order valence-electron chi connectivity index (χ2n) is 16.3. The van der Waals surface area contributed by atoms with Crippen LogP contribution in [0.1, 0.15) is 213 Å². The topological polar surface area (TPSA) is 78.9 Å². The van der Waals surface area contributed by atoms with Gasteiger partial charge in [0.1, 0.15) is 13.2 Å². The average Bonchev–Trinajstić information content (AvgIpc) is 3.28. The van der Waals surface area contributed by atoms with E-state index in [2.05, 4.69) is 130 Å². The molecule has 6 nitrogen and oxygen atoms in total. The van der Waals surface area contributed by atoms with Crippen molar-refractivity contribution in [3.05, 3.63) is 109 Å². The zero-order chi connectivity index (χ0) is 45.8. The number of rotatable bonds is 44. The molecule has 0 N–H and O–H groups in total. The van der Waals surface area contributed by atoms with E-state index in [-0.39, 0.29) is 37.5 Å². The van der Waals surface area contributed by atoms with Crippen molar-refractivity contribution in [2.75, 3.05) is 13.2 Å². The van der Waals surface area contributed by atoms with Gasteiger partial charge in [0.25, 0.3) is 0 Å².